The lowest BCUT2D eigenvalue weighted by molar-refractivity contribution is -0.143. The molecular weight excluding hydrogens is 216 g/mol. The molecule has 1 aliphatic heterocycles. The lowest BCUT2D eigenvalue weighted by Crippen LogP contribution is -2.23. The number of hydrogen-bond acceptors (Lipinski definition) is 2. The molecule has 17 heavy (non-hydrogen) atoms. The Morgan fingerprint density at radius 1 is 1.24 bits per heavy atom. The molecule has 1 aliphatic rings. The van der Waals surface area contributed by atoms with Crippen LogP contribution in [-0.4, -0.2) is 23.3 Å². The minimum Gasteiger partial charge on any atom is -0.479 e. The Morgan fingerprint density at radius 2 is 1.94 bits per heavy atom. The monoisotopic (exact) mass is 234 g/mol. The van der Waals surface area contributed by atoms with Crippen LogP contribution in [0.15, 0.2) is 30.3 Å². The van der Waals surface area contributed by atoms with Gasteiger partial charge in [-0.1, -0.05) is 36.8 Å². The van der Waals surface area contributed by atoms with E-state index < -0.39 is 11.6 Å². The van der Waals surface area contributed by atoms with Gasteiger partial charge in [-0.3, -0.25) is 0 Å². The van der Waals surface area contributed by atoms with Gasteiger partial charge in [0.15, 0.2) is 5.60 Å². The molecule has 0 aromatic heterocycles. The molecule has 92 valence electrons. The number of hydrogen-bond donors (Lipinski definition) is 1. The van der Waals surface area contributed by atoms with Crippen LogP contribution in [0.2, 0.25) is 0 Å². The Hall–Kier alpha value is -1.35. The third-order valence-electron chi connectivity index (χ3n) is 3.27. The SMILES string of the molecule is O=C(O)C1(CCCCCc2ccccc2)CO1. The van der Waals surface area contributed by atoms with Crippen molar-refractivity contribution in [3.05, 3.63) is 35.9 Å². The van der Waals surface area contributed by atoms with Crippen LogP contribution in [0.25, 0.3) is 0 Å². The van der Waals surface area contributed by atoms with Crippen molar-refractivity contribution >= 4 is 5.97 Å². The van der Waals surface area contributed by atoms with Crippen molar-refractivity contribution in [2.45, 2.75) is 37.7 Å². The average molecular weight is 234 g/mol. The highest BCUT2D eigenvalue weighted by Crippen LogP contribution is 2.33. The van der Waals surface area contributed by atoms with Gasteiger partial charge in [-0.25, -0.2) is 4.79 Å². The fraction of sp³-hybridized carbons (Fsp3) is 0.500. The Balaban J connectivity index is 1.60. The molecule has 1 aromatic carbocycles. The first-order valence-electron chi connectivity index (χ1n) is 6.14. The second-order valence-electron chi connectivity index (χ2n) is 4.63. The number of benzene rings is 1. The summed E-state index contributed by atoms with van der Waals surface area (Å²) in [4.78, 5) is 10.8. The van der Waals surface area contributed by atoms with Crippen LogP contribution in [0.5, 0.6) is 0 Å². The summed E-state index contributed by atoms with van der Waals surface area (Å²) in [6, 6.07) is 10.4. The van der Waals surface area contributed by atoms with Crippen LogP contribution in [0, 0.1) is 0 Å². The lowest BCUT2D eigenvalue weighted by Gasteiger charge is -2.06. The van der Waals surface area contributed by atoms with Crippen LogP contribution in [0.1, 0.15) is 31.2 Å². The summed E-state index contributed by atoms with van der Waals surface area (Å²) in [5, 5.41) is 8.91. The number of aryl methyl sites for hydroxylation is 1. The summed E-state index contributed by atoms with van der Waals surface area (Å²) >= 11 is 0. The molecule has 1 atom stereocenters. The molecule has 0 aliphatic carbocycles. The van der Waals surface area contributed by atoms with Crippen molar-refractivity contribution < 1.29 is 14.6 Å². The molecule has 1 unspecified atom stereocenters. The van der Waals surface area contributed by atoms with Crippen LogP contribution >= 0.6 is 0 Å². The standard InChI is InChI=1S/C14H18O3/c15-13(16)14(11-17-14)10-6-2-5-9-12-7-3-1-4-8-12/h1,3-4,7-8H,2,5-6,9-11H2,(H,15,16). The molecule has 1 N–H and O–H groups in total. The third kappa shape index (κ3) is 3.30. The molecule has 0 spiro atoms. The molecule has 1 heterocycles. The fourth-order valence-electron chi connectivity index (χ4n) is 2.02. The maximum absolute atomic E-state index is 10.8. The summed E-state index contributed by atoms with van der Waals surface area (Å²) < 4.78 is 5.02. The predicted molar refractivity (Wildman–Crippen MR) is 64.9 cm³/mol. The number of aliphatic carboxylic acids is 1. The van der Waals surface area contributed by atoms with Gasteiger partial charge in [0.05, 0.1) is 6.61 Å². The van der Waals surface area contributed by atoms with Crippen molar-refractivity contribution in [2.75, 3.05) is 6.61 Å². The zero-order valence-corrected chi connectivity index (χ0v) is 9.89. The van der Waals surface area contributed by atoms with Crippen LogP contribution in [0.4, 0.5) is 0 Å². The summed E-state index contributed by atoms with van der Waals surface area (Å²) in [7, 11) is 0. The van der Waals surface area contributed by atoms with Crippen molar-refractivity contribution in [3.63, 3.8) is 0 Å². The van der Waals surface area contributed by atoms with E-state index in [1.807, 2.05) is 18.2 Å². The molecule has 3 heteroatoms. The number of rotatable bonds is 7. The van der Waals surface area contributed by atoms with E-state index in [1.165, 1.54) is 5.56 Å². The smallest absolute Gasteiger partial charge is 0.338 e. The first-order valence-corrected chi connectivity index (χ1v) is 6.14. The summed E-state index contributed by atoms with van der Waals surface area (Å²) in [6.45, 7) is 0.390. The third-order valence-corrected chi connectivity index (χ3v) is 3.27. The van der Waals surface area contributed by atoms with Crippen molar-refractivity contribution in [2.24, 2.45) is 0 Å². The lowest BCUT2D eigenvalue weighted by atomic mass is 10.0. The molecular formula is C14H18O3. The normalized spacial score (nSPS) is 22.4. The molecule has 1 saturated heterocycles. The highest BCUT2D eigenvalue weighted by Gasteiger charge is 2.51. The predicted octanol–water partition coefficient (Wildman–Crippen LogP) is 2.64. The quantitative estimate of drug-likeness (QED) is 0.583. The molecule has 0 bridgehead atoms. The highest BCUT2D eigenvalue weighted by atomic mass is 16.6. The van der Waals surface area contributed by atoms with Gasteiger partial charge >= 0.3 is 5.97 Å². The van der Waals surface area contributed by atoms with Gasteiger partial charge in [0.1, 0.15) is 0 Å². The molecule has 0 radical (unpaired) electrons. The zero-order chi connectivity index (χ0) is 12.1. The van der Waals surface area contributed by atoms with Gasteiger partial charge < -0.3 is 9.84 Å². The number of ether oxygens (including phenoxy) is 1. The number of carbonyl (C=O) groups is 1. The molecule has 2 rings (SSSR count). The number of carboxylic acids is 1. The maximum atomic E-state index is 10.8. The molecule has 1 aromatic rings. The number of epoxide rings is 1. The Kier molecular flexibility index (Phi) is 3.79. The van der Waals surface area contributed by atoms with Crippen molar-refractivity contribution in [1.82, 2.24) is 0 Å². The van der Waals surface area contributed by atoms with Crippen LogP contribution in [0.3, 0.4) is 0 Å². The first-order chi connectivity index (χ1) is 8.23. The van der Waals surface area contributed by atoms with E-state index >= 15 is 0 Å². The van der Waals surface area contributed by atoms with E-state index in [4.69, 9.17) is 9.84 Å². The van der Waals surface area contributed by atoms with Gasteiger partial charge in [0.2, 0.25) is 0 Å². The van der Waals surface area contributed by atoms with E-state index in [9.17, 15) is 4.79 Å². The maximum Gasteiger partial charge on any atom is 0.338 e. The Morgan fingerprint density at radius 3 is 2.53 bits per heavy atom. The first kappa shape index (κ1) is 12.1. The summed E-state index contributed by atoms with van der Waals surface area (Å²) in [5.41, 5.74) is 0.523. The molecule has 1 fully saturated rings. The van der Waals surface area contributed by atoms with Gasteiger partial charge in [-0.2, -0.15) is 0 Å². The van der Waals surface area contributed by atoms with Gasteiger partial charge in [0, 0.05) is 0 Å². The summed E-state index contributed by atoms with van der Waals surface area (Å²) in [5.74, 6) is -0.805. The second-order valence-corrected chi connectivity index (χ2v) is 4.63. The Labute approximate surface area is 101 Å². The van der Waals surface area contributed by atoms with Crippen molar-refractivity contribution in [3.8, 4) is 0 Å². The highest BCUT2D eigenvalue weighted by molar-refractivity contribution is 5.80. The van der Waals surface area contributed by atoms with Gasteiger partial charge in [-0.15, -0.1) is 0 Å². The van der Waals surface area contributed by atoms with Crippen LogP contribution < -0.4 is 0 Å². The van der Waals surface area contributed by atoms with E-state index in [0.29, 0.717) is 13.0 Å². The number of carboxylic acid groups (broad SMARTS) is 1. The zero-order valence-electron chi connectivity index (χ0n) is 9.89. The van der Waals surface area contributed by atoms with E-state index in [0.717, 1.165) is 25.7 Å². The fourth-order valence-corrected chi connectivity index (χ4v) is 2.02. The summed E-state index contributed by atoms with van der Waals surface area (Å²) in [6.07, 6.45) is 4.82. The minimum absolute atomic E-state index is 0.390. The van der Waals surface area contributed by atoms with Gasteiger partial charge in [0.25, 0.3) is 0 Å². The molecule has 0 amide bonds. The second kappa shape index (κ2) is 5.32. The van der Waals surface area contributed by atoms with E-state index in [2.05, 4.69) is 12.1 Å². The molecule has 0 saturated carbocycles. The average Bonchev–Trinajstić information content (AvgIpc) is 3.11. The number of unbranched alkanes of at least 4 members (excludes halogenated alkanes) is 2. The van der Waals surface area contributed by atoms with Crippen molar-refractivity contribution in [1.29, 1.82) is 0 Å². The molecule has 3 nitrogen and oxygen atoms in total. The van der Waals surface area contributed by atoms with Crippen LogP contribution in [-0.2, 0) is 16.0 Å². The largest absolute Gasteiger partial charge is 0.479 e. The van der Waals surface area contributed by atoms with E-state index in [1.54, 1.807) is 0 Å². The minimum atomic E-state index is -0.827. The topological polar surface area (TPSA) is 49.8 Å². The van der Waals surface area contributed by atoms with Gasteiger partial charge in [-0.05, 0) is 31.2 Å². The Bertz CT molecular complexity index is 368. The van der Waals surface area contributed by atoms with E-state index in [-0.39, 0.29) is 0 Å².